The van der Waals surface area contributed by atoms with E-state index in [1.54, 1.807) is 41.5 Å². The first-order valence-corrected chi connectivity index (χ1v) is 7.96. The van der Waals surface area contributed by atoms with Crippen molar-refractivity contribution in [3.05, 3.63) is 0 Å². The first-order chi connectivity index (χ1) is 11.0. The van der Waals surface area contributed by atoms with E-state index in [1.807, 2.05) is 0 Å². The molecule has 0 unspecified atom stereocenters. The van der Waals surface area contributed by atoms with E-state index >= 15 is 0 Å². The highest BCUT2D eigenvalue weighted by Crippen LogP contribution is 2.30. The third-order valence-electron chi connectivity index (χ3n) is 3.26. The van der Waals surface area contributed by atoms with Gasteiger partial charge in [0.15, 0.2) is 0 Å². The monoisotopic (exact) mass is 341 g/mol. The first-order valence-electron chi connectivity index (χ1n) is 7.96. The van der Waals surface area contributed by atoms with E-state index in [0.717, 1.165) is 0 Å². The molecule has 0 aromatic carbocycles. The zero-order valence-electron chi connectivity index (χ0n) is 15.2. The fourth-order valence-electron chi connectivity index (χ4n) is 2.27. The van der Waals surface area contributed by atoms with Crippen LogP contribution in [0.1, 0.15) is 48.0 Å². The summed E-state index contributed by atoms with van der Waals surface area (Å²) in [5.74, 6) is 4.69. The Kier molecular flexibility index (Phi) is 6.64. The van der Waals surface area contributed by atoms with E-state index in [0.29, 0.717) is 0 Å². The number of carbonyl (C=O) groups is 2. The van der Waals surface area contributed by atoms with E-state index in [9.17, 15) is 14.7 Å². The Morgan fingerprint density at radius 3 is 2.58 bits per heavy atom. The Labute approximate surface area is 143 Å². The summed E-state index contributed by atoms with van der Waals surface area (Å²) in [7, 11) is 0. The molecule has 2 atom stereocenters. The van der Waals surface area contributed by atoms with Gasteiger partial charge in [-0.2, -0.15) is 0 Å². The van der Waals surface area contributed by atoms with E-state index in [1.165, 1.54) is 4.90 Å². The number of rotatable bonds is 3. The lowest BCUT2D eigenvalue weighted by atomic mass is 10.1. The summed E-state index contributed by atoms with van der Waals surface area (Å²) < 4.78 is 15.7. The molecule has 0 aromatic rings. The minimum absolute atomic E-state index is 0.117. The molecule has 1 aliphatic heterocycles. The predicted octanol–water partition coefficient (Wildman–Crippen LogP) is 1.68. The van der Waals surface area contributed by atoms with Gasteiger partial charge in [0.25, 0.3) is 0 Å². The summed E-state index contributed by atoms with van der Waals surface area (Å²) >= 11 is 0. The number of hydrogen-bond acceptors (Lipinski definition) is 6. The summed E-state index contributed by atoms with van der Waals surface area (Å²) in [6.45, 7) is 10.8. The van der Waals surface area contributed by atoms with Crippen LogP contribution in [0.2, 0.25) is 0 Å². The van der Waals surface area contributed by atoms with Gasteiger partial charge >= 0.3 is 12.1 Å². The Morgan fingerprint density at radius 2 is 2.04 bits per heavy atom. The Morgan fingerprint density at radius 1 is 1.42 bits per heavy atom. The molecule has 24 heavy (non-hydrogen) atoms. The lowest BCUT2D eigenvalue weighted by Crippen LogP contribution is -2.53. The van der Waals surface area contributed by atoms with Crippen LogP contribution in [0, 0.1) is 11.8 Å². The van der Waals surface area contributed by atoms with Crippen molar-refractivity contribution in [1.82, 2.24) is 4.90 Å². The zero-order chi connectivity index (χ0) is 18.5. The summed E-state index contributed by atoms with van der Waals surface area (Å²) in [6, 6.07) is -0.676. The molecule has 1 amide bonds. The number of nitrogens with zero attached hydrogens (tertiary/aromatic N) is 1. The van der Waals surface area contributed by atoms with Crippen LogP contribution in [0.25, 0.3) is 0 Å². The third-order valence-corrected chi connectivity index (χ3v) is 3.26. The van der Waals surface area contributed by atoms with Crippen LogP contribution in [-0.2, 0) is 19.0 Å². The molecule has 0 bridgehead atoms. The van der Waals surface area contributed by atoms with Crippen LogP contribution < -0.4 is 0 Å². The minimum Gasteiger partial charge on any atom is -0.465 e. The van der Waals surface area contributed by atoms with Gasteiger partial charge in [-0.05, 0) is 41.5 Å². The first kappa shape index (κ1) is 20.3. The quantitative estimate of drug-likeness (QED) is 0.621. The number of ether oxygens (including phenoxy) is 3. The SMILES string of the molecule is CCOC(=O)CC#C[C@H](O)[C@@H]1COC(C)(C)N1C(=O)OC(C)(C)C. The summed E-state index contributed by atoms with van der Waals surface area (Å²) in [6.07, 6.45) is -1.86. The molecule has 7 nitrogen and oxygen atoms in total. The van der Waals surface area contributed by atoms with Crippen LogP contribution >= 0.6 is 0 Å². The maximum Gasteiger partial charge on any atom is 0.413 e. The maximum absolute atomic E-state index is 12.4. The van der Waals surface area contributed by atoms with Gasteiger partial charge in [0, 0.05) is 0 Å². The molecule has 1 aliphatic rings. The second-order valence-corrected chi connectivity index (χ2v) is 6.92. The third kappa shape index (κ3) is 5.69. The Balaban J connectivity index is 2.83. The van der Waals surface area contributed by atoms with Gasteiger partial charge < -0.3 is 19.3 Å². The Hall–Kier alpha value is -1.78. The average molecular weight is 341 g/mol. The standard InChI is InChI=1S/C17H27NO6/c1-7-22-14(20)10-8-9-13(19)12-11-23-17(5,6)18(12)15(21)24-16(2,3)4/h12-13,19H,7,10-11H2,1-6H3/t12-,13-/m0/s1. The van der Waals surface area contributed by atoms with E-state index in [2.05, 4.69) is 11.8 Å². The van der Waals surface area contributed by atoms with Crippen LogP contribution in [0.15, 0.2) is 0 Å². The molecule has 7 heteroatoms. The number of hydrogen-bond donors (Lipinski definition) is 1. The molecular weight excluding hydrogens is 314 g/mol. The molecule has 136 valence electrons. The molecule has 0 spiro atoms. The van der Waals surface area contributed by atoms with Gasteiger partial charge in [-0.25, -0.2) is 4.79 Å². The molecule has 0 aliphatic carbocycles. The van der Waals surface area contributed by atoms with Crippen LogP contribution in [0.4, 0.5) is 4.79 Å². The second-order valence-electron chi connectivity index (χ2n) is 6.92. The van der Waals surface area contributed by atoms with Crippen molar-refractivity contribution in [1.29, 1.82) is 0 Å². The van der Waals surface area contributed by atoms with Crippen molar-refractivity contribution in [2.24, 2.45) is 0 Å². The number of esters is 1. The van der Waals surface area contributed by atoms with Crippen molar-refractivity contribution in [3.63, 3.8) is 0 Å². The fraction of sp³-hybridized carbons (Fsp3) is 0.765. The highest BCUT2D eigenvalue weighted by Gasteiger charge is 2.48. The zero-order valence-corrected chi connectivity index (χ0v) is 15.2. The highest BCUT2D eigenvalue weighted by atomic mass is 16.6. The van der Waals surface area contributed by atoms with Gasteiger partial charge in [-0.15, -0.1) is 0 Å². The average Bonchev–Trinajstić information content (AvgIpc) is 2.72. The Bertz CT molecular complexity index is 525. The van der Waals surface area contributed by atoms with Crippen molar-refractivity contribution < 1.29 is 28.9 Å². The predicted molar refractivity (Wildman–Crippen MR) is 86.9 cm³/mol. The summed E-state index contributed by atoms with van der Waals surface area (Å²) in [5.41, 5.74) is -1.59. The smallest absolute Gasteiger partial charge is 0.413 e. The number of aliphatic hydroxyl groups excluding tert-OH is 1. The van der Waals surface area contributed by atoms with Crippen LogP contribution in [-0.4, -0.2) is 58.8 Å². The molecule has 1 heterocycles. The molecule has 1 rings (SSSR count). The summed E-state index contributed by atoms with van der Waals surface area (Å²) in [5, 5.41) is 10.3. The van der Waals surface area contributed by atoms with Gasteiger partial charge in [0.2, 0.25) is 0 Å². The van der Waals surface area contributed by atoms with Gasteiger partial charge in [-0.3, -0.25) is 9.69 Å². The van der Waals surface area contributed by atoms with Gasteiger partial charge in [-0.1, -0.05) is 11.8 Å². The molecule has 0 saturated carbocycles. The van der Waals surface area contributed by atoms with Gasteiger partial charge in [0.1, 0.15) is 23.9 Å². The molecule has 0 radical (unpaired) electrons. The summed E-state index contributed by atoms with van der Waals surface area (Å²) in [4.78, 5) is 25.1. The molecular formula is C17H27NO6. The van der Waals surface area contributed by atoms with E-state index in [-0.39, 0.29) is 19.6 Å². The van der Waals surface area contributed by atoms with Crippen molar-refractivity contribution in [2.45, 2.75) is 71.4 Å². The minimum atomic E-state index is -1.16. The topological polar surface area (TPSA) is 85.3 Å². The molecule has 0 aromatic heterocycles. The number of amides is 1. The van der Waals surface area contributed by atoms with Crippen LogP contribution in [0.5, 0.6) is 0 Å². The molecule has 1 fully saturated rings. The lowest BCUT2D eigenvalue weighted by molar-refractivity contribution is -0.141. The van der Waals surface area contributed by atoms with Crippen LogP contribution in [0.3, 0.4) is 0 Å². The fourth-order valence-corrected chi connectivity index (χ4v) is 2.27. The number of aliphatic hydroxyl groups is 1. The second kappa shape index (κ2) is 7.86. The highest BCUT2D eigenvalue weighted by molar-refractivity contribution is 5.72. The van der Waals surface area contributed by atoms with Crippen molar-refractivity contribution in [3.8, 4) is 11.8 Å². The van der Waals surface area contributed by atoms with Crippen molar-refractivity contribution >= 4 is 12.1 Å². The van der Waals surface area contributed by atoms with Gasteiger partial charge in [0.05, 0.1) is 19.3 Å². The maximum atomic E-state index is 12.4. The van der Waals surface area contributed by atoms with E-state index < -0.39 is 35.5 Å². The number of carbonyl (C=O) groups excluding carboxylic acids is 2. The molecule has 1 N–H and O–H groups in total. The van der Waals surface area contributed by atoms with E-state index in [4.69, 9.17) is 14.2 Å². The normalized spacial score (nSPS) is 20.8. The molecule has 1 saturated heterocycles. The largest absolute Gasteiger partial charge is 0.465 e. The lowest BCUT2D eigenvalue weighted by Gasteiger charge is -2.35. The van der Waals surface area contributed by atoms with Crippen molar-refractivity contribution in [2.75, 3.05) is 13.2 Å².